The van der Waals surface area contributed by atoms with Crippen molar-refractivity contribution in [2.45, 2.75) is 13.5 Å². The van der Waals surface area contributed by atoms with Gasteiger partial charge in [-0.3, -0.25) is 4.79 Å². The maximum Gasteiger partial charge on any atom is 0.387 e. The summed E-state index contributed by atoms with van der Waals surface area (Å²) in [7, 11) is 0. The highest BCUT2D eigenvalue weighted by molar-refractivity contribution is 5.63. The summed E-state index contributed by atoms with van der Waals surface area (Å²) in [5.74, 6) is -0.643. The van der Waals surface area contributed by atoms with E-state index in [1.54, 1.807) is 30.0 Å². The fourth-order valence-electron chi connectivity index (χ4n) is 1.77. The molecule has 2 rings (SSSR count). The molecule has 21 heavy (non-hydrogen) atoms. The van der Waals surface area contributed by atoms with Crippen LogP contribution in [0.2, 0.25) is 0 Å². The number of aromatic hydroxyl groups is 1. The molecule has 0 unspecified atom stereocenters. The lowest BCUT2D eigenvalue weighted by Gasteiger charge is -2.07. The van der Waals surface area contributed by atoms with Gasteiger partial charge in [-0.05, 0) is 30.7 Å². The van der Waals surface area contributed by atoms with Crippen LogP contribution in [0.4, 0.5) is 8.78 Å². The van der Waals surface area contributed by atoms with Crippen molar-refractivity contribution in [1.82, 2.24) is 4.57 Å². The standard InChI is InChI=1S/C15H13F2NO3/c1-10-8-12(19)5-7-18(10)6-4-11-2-3-14(13(20)9-11)21-15(16)17/h2-9,15,20H,1H3/b6-4+. The molecule has 0 aliphatic carbocycles. The number of phenols is 1. The largest absolute Gasteiger partial charge is 0.504 e. The van der Waals surface area contributed by atoms with Gasteiger partial charge < -0.3 is 14.4 Å². The van der Waals surface area contributed by atoms with Crippen molar-refractivity contribution >= 4 is 12.3 Å². The van der Waals surface area contributed by atoms with Crippen LogP contribution < -0.4 is 10.2 Å². The molecule has 0 saturated carbocycles. The van der Waals surface area contributed by atoms with Crippen molar-refractivity contribution in [1.29, 1.82) is 0 Å². The molecule has 4 nitrogen and oxygen atoms in total. The number of phenolic OH excluding ortho intramolecular Hbond substituents is 1. The van der Waals surface area contributed by atoms with Crippen molar-refractivity contribution in [3.63, 3.8) is 0 Å². The smallest absolute Gasteiger partial charge is 0.387 e. The number of ether oxygens (including phenoxy) is 1. The molecule has 0 bridgehead atoms. The Labute approximate surface area is 119 Å². The zero-order chi connectivity index (χ0) is 15.4. The van der Waals surface area contributed by atoms with Gasteiger partial charge in [0.1, 0.15) is 0 Å². The molecule has 1 aromatic heterocycles. The highest BCUT2D eigenvalue weighted by atomic mass is 19.3. The molecule has 0 saturated heterocycles. The predicted molar refractivity (Wildman–Crippen MR) is 75.4 cm³/mol. The van der Waals surface area contributed by atoms with E-state index < -0.39 is 6.61 Å². The Bertz CT molecular complexity index is 723. The fraction of sp³-hybridized carbons (Fsp3) is 0.133. The van der Waals surface area contributed by atoms with E-state index in [1.165, 1.54) is 30.3 Å². The molecule has 0 radical (unpaired) electrons. The third-order valence-corrected chi connectivity index (χ3v) is 2.78. The van der Waals surface area contributed by atoms with Crippen LogP contribution in [0.3, 0.4) is 0 Å². The summed E-state index contributed by atoms with van der Waals surface area (Å²) in [4.78, 5) is 11.1. The molecule has 0 atom stereocenters. The van der Waals surface area contributed by atoms with E-state index in [1.807, 2.05) is 0 Å². The van der Waals surface area contributed by atoms with E-state index in [2.05, 4.69) is 4.74 Å². The Morgan fingerprint density at radius 3 is 2.67 bits per heavy atom. The van der Waals surface area contributed by atoms with Crippen LogP contribution in [0, 0.1) is 6.92 Å². The summed E-state index contributed by atoms with van der Waals surface area (Å²) in [5.41, 5.74) is 1.27. The van der Waals surface area contributed by atoms with Gasteiger partial charge in [-0.2, -0.15) is 8.78 Å². The summed E-state index contributed by atoms with van der Waals surface area (Å²) >= 11 is 0. The van der Waals surface area contributed by atoms with Gasteiger partial charge in [0.15, 0.2) is 16.9 Å². The minimum absolute atomic E-state index is 0.0803. The number of hydrogen-bond acceptors (Lipinski definition) is 3. The quantitative estimate of drug-likeness (QED) is 0.942. The molecule has 110 valence electrons. The summed E-state index contributed by atoms with van der Waals surface area (Å²) < 4.78 is 30.0. The Morgan fingerprint density at radius 1 is 1.29 bits per heavy atom. The van der Waals surface area contributed by atoms with E-state index in [0.717, 1.165) is 5.69 Å². The first-order chi connectivity index (χ1) is 9.95. The summed E-state index contributed by atoms with van der Waals surface area (Å²) in [6.45, 7) is -1.20. The van der Waals surface area contributed by atoms with Gasteiger partial charge >= 0.3 is 6.61 Å². The number of nitrogens with zero attached hydrogens (tertiary/aromatic N) is 1. The molecule has 0 amide bonds. The molecule has 0 aliphatic rings. The van der Waals surface area contributed by atoms with Crippen molar-refractivity contribution < 1.29 is 18.6 Å². The van der Waals surface area contributed by atoms with Crippen molar-refractivity contribution in [3.05, 3.63) is 58.0 Å². The van der Waals surface area contributed by atoms with Crippen LogP contribution in [-0.4, -0.2) is 16.3 Å². The average molecular weight is 293 g/mol. The van der Waals surface area contributed by atoms with Crippen LogP contribution in [0.1, 0.15) is 11.3 Å². The summed E-state index contributed by atoms with van der Waals surface area (Å²) in [6, 6.07) is 7.02. The molecule has 6 heteroatoms. The first-order valence-electron chi connectivity index (χ1n) is 6.10. The lowest BCUT2D eigenvalue weighted by molar-refractivity contribution is -0.0512. The maximum atomic E-state index is 12.1. The Kier molecular flexibility index (Phi) is 4.37. The Balaban J connectivity index is 2.21. The zero-order valence-corrected chi connectivity index (χ0v) is 11.2. The molecule has 0 fully saturated rings. The SMILES string of the molecule is Cc1cc(=O)ccn1/C=C/c1ccc(OC(F)F)c(O)c1. The van der Waals surface area contributed by atoms with Crippen molar-refractivity contribution in [2.75, 3.05) is 0 Å². The van der Waals surface area contributed by atoms with Gasteiger partial charge in [-0.25, -0.2) is 0 Å². The number of rotatable bonds is 4. The third kappa shape index (κ3) is 3.92. The van der Waals surface area contributed by atoms with E-state index in [4.69, 9.17) is 0 Å². The minimum Gasteiger partial charge on any atom is -0.504 e. The van der Waals surface area contributed by atoms with E-state index >= 15 is 0 Å². The minimum atomic E-state index is -2.99. The third-order valence-electron chi connectivity index (χ3n) is 2.78. The second-order valence-electron chi connectivity index (χ2n) is 4.33. The highest BCUT2D eigenvalue weighted by Gasteiger charge is 2.08. The lowest BCUT2D eigenvalue weighted by atomic mass is 10.2. The van der Waals surface area contributed by atoms with E-state index in [-0.39, 0.29) is 16.9 Å². The van der Waals surface area contributed by atoms with Crippen molar-refractivity contribution in [3.8, 4) is 11.5 Å². The van der Waals surface area contributed by atoms with Crippen LogP contribution in [-0.2, 0) is 0 Å². The summed E-state index contributed by atoms with van der Waals surface area (Å²) in [6.07, 6.45) is 4.98. The average Bonchev–Trinajstić information content (AvgIpc) is 2.40. The second kappa shape index (κ2) is 6.21. The highest BCUT2D eigenvalue weighted by Crippen LogP contribution is 2.28. The molecule has 0 aliphatic heterocycles. The molecule has 1 aromatic carbocycles. The Morgan fingerprint density at radius 2 is 2.05 bits per heavy atom. The summed E-state index contributed by atoms with van der Waals surface area (Å²) in [5, 5.41) is 9.59. The van der Waals surface area contributed by atoms with Gasteiger partial charge in [0.2, 0.25) is 0 Å². The number of aryl methyl sites for hydroxylation is 1. The first-order valence-corrected chi connectivity index (χ1v) is 6.10. The molecule has 1 heterocycles. The van der Waals surface area contributed by atoms with Crippen LogP contribution in [0.5, 0.6) is 11.5 Å². The normalized spacial score (nSPS) is 11.2. The number of hydrogen-bond donors (Lipinski definition) is 1. The van der Waals surface area contributed by atoms with Crippen LogP contribution in [0.15, 0.2) is 41.3 Å². The monoisotopic (exact) mass is 293 g/mol. The fourth-order valence-corrected chi connectivity index (χ4v) is 1.77. The molecular weight excluding hydrogens is 280 g/mol. The van der Waals surface area contributed by atoms with Gasteiger partial charge in [0.05, 0.1) is 0 Å². The number of pyridine rings is 1. The topological polar surface area (TPSA) is 51.5 Å². The molecule has 1 N–H and O–H groups in total. The maximum absolute atomic E-state index is 12.1. The van der Waals surface area contributed by atoms with Crippen molar-refractivity contribution in [2.24, 2.45) is 0 Å². The zero-order valence-electron chi connectivity index (χ0n) is 11.2. The lowest BCUT2D eigenvalue weighted by Crippen LogP contribution is -2.03. The first kappa shape index (κ1) is 14.8. The number of halogens is 2. The van der Waals surface area contributed by atoms with Gasteiger partial charge in [-0.15, -0.1) is 0 Å². The number of benzene rings is 1. The van der Waals surface area contributed by atoms with Gasteiger partial charge in [0.25, 0.3) is 0 Å². The van der Waals surface area contributed by atoms with Gasteiger partial charge in [0, 0.05) is 30.2 Å². The van der Waals surface area contributed by atoms with E-state index in [9.17, 15) is 18.7 Å². The molecule has 2 aromatic rings. The number of aromatic nitrogens is 1. The van der Waals surface area contributed by atoms with Gasteiger partial charge in [-0.1, -0.05) is 6.07 Å². The Hall–Kier alpha value is -2.63. The molecular formula is C15H13F2NO3. The van der Waals surface area contributed by atoms with E-state index in [0.29, 0.717) is 5.56 Å². The second-order valence-corrected chi connectivity index (χ2v) is 4.33. The van der Waals surface area contributed by atoms with Crippen LogP contribution >= 0.6 is 0 Å². The van der Waals surface area contributed by atoms with Crippen LogP contribution in [0.25, 0.3) is 12.3 Å². The molecule has 0 spiro atoms. The number of alkyl halides is 2. The predicted octanol–water partition coefficient (Wildman–Crippen LogP) is 3.09.